The van der Waals surface area contributed by atoms with Crippen LogP contribution >= 0.6 is 0 Å². The summed E-state index contributed by atoms with van der Waals surface area (Å²) in [4.78, 5) is 11.8. The van der Waals surface area contributed by atoms with Gasteiger partial charge in [0.1, 0.15) is 18.5 Å². The maximum Gasteiger partial charge on any atom is 0.167 e. The van der Waals surface area contributed by atoms with E-state index in [0.717, 1.165) is 5.57 Å². The summed E-state index contributed by atoms with van der Waals surface area (Å²) >= 11 is 0. The predicted octanol–water partition coefficient (Wildman–Crippen LogP) is 1.89. The summed E-state index contributed by atoms with van der Waals surface area (Å²) in [7, 11) is 0. The van der Waals surface area contributed by atoms with E-state index in [1.165, 1.54) is 0 Å². The molecule has 0 aromatic carbocycles. The Morgan fingerprint density at radius 2 is 2.10 bits per heavy atom. The zero-order chi connectivity index (χ0) is 15.5. The Hall–Kier alpha value is -1.65. The van der Waals surface area contributed by atoms with Gasteiger partial charge >= 0.3 is 0 Å². The maximum absolute atomic E-state index is 11.8. The van der Waals surface area contributed by atoms with Crippen molar-refractivity contribution in [2.24, 2.45) is 5.92 Å². The van der Waals surface area contributed by atoms with Gasteiger partial charge in [-0.05, 0) is 32.9 Å². The van der Waals surface area contributed by atoms with Crippen LogP contribution in [0.4, 0.5) is 0 Å². The summed E-state index contributed by atoms with van der Waals surface area (Å²) in [5.74, 6) is 0.475. The zero-order valence-corrected chi connectivity index (χ0v) is 12.8. The molecule has 0 radical (unpaired) electrons. The first-order valence-corrected chi connectivity index (χ1v) is 7.24. The molecule has 0 aliphatic heterocycles. The van der Waals surface area contributed by atoms with Crippen molar-refractivity contribution in [2.45, 2.75) is 32.4 Å². The first kappa shape index (κ1) is 15.7. The Morgan fingerprint density at radius 3 is 2.81 bits per heavy atom. The third-order valence-electron chi connectivity index (χ3n) is 3.31. The second-order valence-electron chi connectivity index (χ2n) is 6.37. The Labute approximate surface area is 125 Å². The Kier molecular flexibility index (Phi) is 4.80. The molecule has 0 aromatic heterocycles. The number of aliphatic hydroxyl groups is 1. The number of carbonyl (C=O) groups excluding carboxylic acids is 1. The molecule has 114 valence electrons. The lowest BCUT2D eigenvalue weighted by atomic mass is 9.86. The van der Waals surface area contributed by atoms with Crippen LogP contribution in [0.5, 0.6) is 0 Å². The number of carbonyl (C=O) groups is 1. The molecule has 2 N–H and O–H groups in total. The lowest BCUT2D eigenvalue weighted by Crippen LogP contribution is -2.42. The van der Waals surface area contributed by atoms with Gasteiger partial charge in [-0.15, -0.1) is 0 Å². The predicted molar refractivity (Wildman–Crippen MR) is 82.7 cm³/mol. The van der Waals surface area contributed by atoms with Crippen LogP contribution in [0.25, 0.3) is 0 Å². The number of fused-ring (bicyclic) bond motifs is 1. The summed E-state index contributed by atoms with van der Waals surface area (Å²) in [6.45, 7) is 6.80. The van der Waals surface area contributed by atoms with E-state index < -0.39 is 6.10 Å². The van der Waals surface area contributed by atoms with Crippen LogP contribution in [0.1, 0.15) is 20.8 Å². The van der Waals surface area contributed by atoms with Crippen LogP contribution in [0, 0.1) is 5.92 Å². The highest BCUT2D eigenvalue weighted by molar-refractivity contribution is 5.97. The Morgan fingerprint density at radius 1 is 1.33 bits per heavy atom. The molecule has 0 heterocycles. The van der Waals surface area contributed by atoms with E-state index in [-0.39, 0.29) is 23.8 Å². The number of nitrogens with one attached hydrogen (secondary N) is 1. The van der Waals surface area contributed by atoms with E-state index in [4.69, 9.17) is 4.74 Å². The highest BCUT2D eigenvalue weighted by Gasteiger charge is 2.26. The molecule has 0 saturated heterocycles. The van der Waals surface area contributed by atoms with E-state index in [1.807, 2.05) is 45.1 Å². The van der Waals surface area contributed by atoms with Crippen molar-refractivity contribution in [3.63, 3.8) is 0 Å². The van der Waals surface area contributed by atoms with Gasteiger partial charge in [-0.1, -0.05) is 24.3 Å². The lowest BCUT2D eigenvalue weighted by Gasteiger charge is -2.25. The number of rotatable bonds is 5. The summed E-state index contributed by atoms with van der Waals surface area (Å²) < 4.78 is 5.69. The van der Waals surface area contributed by atoms with E-state index in [9.17, 15) is 9.90 Å². The molecule has 2 atom stereocenters. The number of aliphatic hydroxyl groups excluding tert-OH is 1. The normalized spacial score (nSPS) is 22.5. The van der Waals surface area contributed by atoms with Gasteiger partial charge in [0.05, 0.1) is 5.92 Å². The lowest BCUT2D eigenvalue weighted by molar-refractivity contribution is -0.116. The maximum atomic E-state index is 11.8. The molecule has 1 unspecified atom stereocenters. The average Bonchev–Trinajstić information content (AvgIpc) is 2.42. The van der Waals surface area contributed by atoms with Gasteiger partial charge in [-0.25, -0.2) is 0 Å². The molecule has 21 heavy (non-hydrogen) atoms. The van der Waals surface area contributed by atoms with Gasteiger partial charge in [0, 0.05) is 17.7 Å². The molecule has 2 aliphatic carbocycles. The highest BCUT2D eigenvalue weighted by Crippen LogP contribution is 2.30. The highest BCUT2D eigenvalue weighted by atomic mass is 16.5. The van der Waals surface area contributed by atoms with Gasteiger partial charge in [0.2, 0.25) is 0 Å². The van der Waals surface area contributed by atoms with Crippen LogP contribution in [0.3, 0.4) is 0 Å². The molecule has 0 bridgehead atoms. The number of allylic oxidation sites excluding steroid dienone is 7. The minimum absolute atomic E-state index is 0.0397. The fourth-order valence-corrected chi connectivity index (χ4v) is 2.19. The largest absolute Gasteiger partial charge is 0.491 e. The third kappa shape index (κ3) is 4.41. The summed E-state index contributed by atoms with van der Waals surface area (Å²) in [6, 6.07) is 0. The Balaban J connectivity index is 1.90. The summed E-state index contributed by atoms with van der Waals surface area (Å²) in [5.41, 5.74) is 0.822. The van der Waals surface area contributed by atoms with E-state index in [1.54, 1.807) is 12.2 Å². The van der Waals surface area contributed by atoms with Gasteiger partial charge in [0.15, 0.2) is 5.78 Å². The van der Waals surface area contributed by atoms with Crippen molar-refractivity contribution in [3.05, 3.63) is 47.8 Å². The molecule has 2 aliphatic rings. The monoisotopic (exact) mass is 289 g/mol. The molecule has 4 nitrogen and oxygen atoms in total. The first-order chi connectivity index (χ1) is 9.87. The van der Waals surface area contributed by atoms with Crippen molar-refractivity contribution in [1.29, 1.82) is 0 Å². The number of hydrogen-bond acceptors (Lipinski definition) is 4. The van der Waals surface area contributed by atoms with Crippen molar-refractivity contribution in [2.75, 3.05) is 13.2 Å². The number of ether oxygens (including phenoxy) is 1. The number of ketones is 1. The molecule has 4 heteroatoms. The van der Waals surface area contributed by atoms with Crippen LogP contribution in [0.15, 0.2) is 47.8 Å². The van der Waals surface area contributed by atoms with Gasteiger partial charge < -0.3 is 15.2 Å². The number of hydrogen-bond donors (Lipinski definition) is 2. The number of β-amino-alcohol motifs (C(OH)–C–C–N with tert-alkyl or cyclic N) is 1. The van der Waals surface area contributed by atoms with Crippen molar-refractivity contribution < 1.29 is 14.6 Å². The summed E-state index contributed by atoms with van der Waals surface area (Å²) in [5, 5.41) is 13.2. The minimum atomic E-state index is -0.593. The standard InChI is InChI=1S/C17H23NO3/c1-17(2,3)18-10-12(19)11-21-16-9-5-6-13-14(16)7-4-8-15(13)20/h4-9,12-13,18-19H,10-11H2,1-3H3/t12-,13?/m0/s1. The topological polar surface area (TPSA) is 58.6 Å². The van der Waals surface area contributed by atoms with Crippen molar-refractivity contribution in [1.82, 2.24) is 5.32 Å². The molecule has 2 rings (SSSR count). The molecule has 0 fully saturated rings. The molecule has 0 saturated carbocycles. The second kappa shape index (κ2) is 6.41. The zero-order valence-electron chi connectivity index (χ0n) is 12.8. The van der Waals surface area contributed by atoms with Crippen molar-refractivity contribution in [3.8, 4) is 0 Å². The smallest absolute Gasteiger partial charge is 0.167 e. The van der Waals surface area contributed by atoms with Crippen LogP contribution in [-0.2, 0) is 9.53 Å². The molecule has 0 aromatic rings. The molecule has 0 amide bonds. The van der Waals surface area contributed by atoms with Gasteiger partial charge in [-0.3, -0.25) is 4.79 Å². The SMILES string of the molecule is CC(C)(C)NC[C@H](O)COC1=CC=CC2C(=O)C=CC=C12. The van der Waals surface area contributed by atoms with Gasteiger partial charge in [-0.2, -0.15) is 0 Å². The fourth-order valence-electron chi connectivity index (χ4n) is 2.19. The van der Waals surface area contributed by atoms with Gasteiger partial charge in [0.25, 0.3) is 0 Å². The summed E-state index contributed by atoms with van der Waals surface area (Å²) in [6.07, 6.45) is 10.1. The average molecular weight is 289 g/mol. The molecular formula is C17H23NO3. The van der Waals surface area contributed by atoms with Crippen LogP contribution in [0.2, 0.25) is 0 Å². The first-order valence-electron chi connectivity index (χ1n) is 7.24. The van der Waals surface area contributed by atoms with E-state index in [0.29, 0.717) is 12.3 Å². The third-order valence-corrected chi connectivity index (χ3v) is 3.31. The van der Waals surface area contributed by atoms with Crippen LogP contribution in [-0.4, -0.2) is 35.7 Å². The van der Waals surface area contributed by atoms with Crippen molar-refractivity contribution >= 4 is 5.78 Å². The fraction of sp³-hybridized carbons (Fsp3) is 0.471. The van der Waals surface area contributed by atoms with Crippen LogP contribution < -0.4 is 5.32 Å². The minimum Gasteiger partial charge on any atom is -0.491 e. The molecule has 0 spiro atoms. The van der Waals surface area contributed by atoms with E-state index in [2.05, 4.69) is 5.32 Å². The molecular weight excluding hydrogens is 266 g/mol. The van der Waals surface area contributed by atoms with E-state index >= 15 is 0 Å². The Bertz CT molecular complexity index is 521. The quantitative estimate of drug-likeness (QED) is 0.811. The second-order valence-corrected chi connectivity index (χ2v) is 6.37.